The van der Waals surface area contributed by atoms with E-state index in [4.69, 9.17) is 0 Å². The third kappa shape index (κ3) is 4.66. The van der Waals surface area contributed by atoms with E-state index in [0.717, 1.165) is 15.1 Å². The van der Waals surface area contributed by atoms with Gasteiger partial charge >= 0.3 is 0 Å². The fraction of sp³-hybridized carbons (Fsp3) is 0.333. The molecule has 1 aromatic heterocycles. The Bertz CT molecular complexity index is 954. The van der Waals surface area contributed by atoms with Crippen molar-refractivity contribution in [2.75, 3.05) is 18.4 Å². The van der Waals surface area contributed by atoms with Gasteiger partial charge in [-0.3, -0.25) is 9.59 Å². The highest BCUT2D eigenvalue weighted by atomic mass is 79.9. The van der Waals surface area contributed by atoms with Crippen LogP contribution >= 0.6 is 27.3 Å². The van der Waals surface area contributed by atoms with Crippen LogP contribution < -0.4 is 5.32 Å². The average Bonchev–Trinajstić information content (AvgIpc) is 3.09. The normalized spacial score (nSPS) is 18.2. The summed E-state index contributed by atoms with van der Waals surface area (Å²) < 4.78 is 28.0. The van der Waals surface area contributed by atoms with E-state index in [-0.39, 0.29) is 22.4 Å². The molecule has 6 nitrogen and oxygen atoms in total. The van der Waals surface area contributed by atoms with Crippen molar-refractivity contribution < 1.29 is 18.0 Å². The molecule has 0 unspecified atom stereocenters. The summed E-state index contributed by atoms with van der Waals surface area (Å²) >= 11 is 4.45. The molecule has 1 amide bonds. The van der Waals surface area contributed by atoms with Gasteiger partial charge in [0.15, 0.2) is 5.78 Å². The van der Waals surface area contributed by atoms with E-state index in [0.29, 0.717) is 30.6 Å². The van der Waals surface area contributed by atoms with Gasteiger partial charge in [-0.2, -0.15) is 4.31 Å². The van der Waals surface area contributed by atoms with Gasteiger partial charge in [0.05, 0.1) is 9.70 Å². The van der Waals surface area contributed by atoms with E-state index in [9.17, 15) is 18.0 Å². The second-order valence-electron chi connectivity index (χ2n) is 6.38. The number of carbonyl (C=O) groups excluding carboxylic acids is 2. The highest BCUT2D eigenvalue weighted by molar-refractivity contribution is 9.11. The van der Waals surface area contributed by atoms with E-state index in [1.165, 1.54) is 11.2 Å². The molecule has 0 radical (unpaired) electrons. The second kappa shape index (κ2) is 8.22. The number of ketones is 1. The van der Waals surface area contributed by atoms with Gasteiger partial charge in [-0.05, 0) is 72.1 Å². The molecular weight excluding hydrogens is 452 g/mol. The first-order chi connectivity index (χ1) is 12.8. The molecular formula is C18H19BrN2O4S2. The fourth-order valence-electron chi connectivity index (χ4n) is 2.97. The van der Waals surface area contributed by atoms with Gasteiger partial charge in [-0.1, -0.05) is 0 Å². The summed E-state index contributed by atoms with van der Waals surface area (Å²) in [6, 6.07) is 9.94. The number of hydrogen-bond donors (Lipinski definition) is 1. The number of anilines is 1. The molecule has 1 N–H and O–H groups in total. The van der Waals surface area contributed by atoms with Crippen LogP contribution in [0.1, 0.15) is 30.1 Å². The van der Waals surface area contributed by atoms with Crippen molar-refractivity contribution in [2.45, 2.75) is 24.0 Å². The molecule has 1 aromatic carbocycles. The zero-order valence-corrected chi connectivity index (χ0v) is 17.9. The van der Waals surface area contributed by atoms with Crippen molar-refractivity contribution in [1.82, 2.24) is 4.31 Å². The molecule has 0 aliphatic carbocycles. The summed E-state index contributed by atoms with van der Waals surface area (Å²) in [5.41, 5.74) is 1.16. The van der Waals surface area contributed by atoms with Gasteiger partial charge in [0.25, 0.3) is 10.0 Å². The number of Topliss-reactive ketones (excluding diaryl/α,β-unsaturated/α-hetero) is 1. The molecule has 1 aliphatic heterocycles. The van der Waals surface area contributed by atoms with Crippen molar-refractivity contribution in [1.29, 1.82) is 0 Å². The molecule has 0 bridgehead atoms. The van der Waals surface area contributed by atoms with Crippen molar-refractivity contribution in [2.24, 2.45) is 5.92 Å². The van der Waals surface area contributed by atoms with Crippen molar-refractivity contribution in [3.8, 4) is 0 Å². The van der Waals surface area contributed by atoms with E-state index < -0.39 is 15.9 Å². The third-order valence-electron chi connectivity index (χ3n) is 4.46. The maximum absolute atomic E-state index is 12.8. The predicted octanol–water partition coefficient (Wildman–Crippen LogP) is 3.75. The molecule has 27 heavy (non-hydrogen) atoms. The Balaban J connectivity index is 1.68. The van der Waals surface area contributed by atoms with Gasteiger partial charge in [0, 0.05) is 24.3 Å². The zero-order valence-electron chi connectivity index (χ0n) is 14.6. The number of amides is 1. The molecule has 1 aliphatic rings. The maximum atomic E-state index is 12.8. The topological polar surface area (TPSA) is 83.6 Å². The molecule has 1 fully saturated rings. The number of nitrogens with zero attached hydrogens (tertiary/aromatic N) is 1. The Morgan fingerprint density at radius 1 is 1.19 bits per heavy atom. The number of nitrogens with one attached hydrogen (secondary N) is 1. The number of rotatable bonds is 5. The SMILES string of the molecule is CC(=O)c1ccc(NC(=O)[C@H]2CCCN(S(=O)(=O)c3ccc(Br)s3)C2)cc1. The molecule has 0 saturated carbocycles. The van der Waals surface area contributed by atoms with E-state index in [1.807, 2.05) is 0 Å². The first-order valence-corrected chi connectivity index (χ1v) is 11.5. The van der Waals surface area contributed by atoms with Crippen molar-refractivity contribution in [3.63, 3.8) is 0 Å². The van der Waals surface area contributed by atoms with E-state index >= 15 is 0 Å². The van der Waals surface area contributed by atoms with Gasteiger partial charge in [-0.25, -0.2) is 8.42 Å². The average molecular weight is 471 g/mol. The number of benzene rings is 1. The first-order valence-electron chi connectivity index (χ1n) is 8.45. The van der Waals surface area contributed by atoms with Gasteiger partial charge in [0.2, 0.25) is 5.91 Å². The number of sulfonamides is 1. The molecule has 144 valence electrons. The summed E-state index contributed by atoms with van der Waals surface area (Å²) in [5, 5.41) is 2.82. The van der Waals surface area contributed by atoms with Crippen LogP contribution in [0.3, 0.4) is 0 Å². The molecule has 2 heterocycles. The third-order valence-corrected chi connectivity index (χ3v) is 8.41. The van der Waals surface area contributed by atoms with Crippen LogP contribution in [-0.4, -0.2) is 37.5 Å². The largest absolute Gasteiger partial charge is 0.326 e. The lowest BCUT2D eigenvalue weighted by Gasteiger charge is -2.30. The van der Waals surface area contributed by atoms with Crippen LogP contribution in [0, 0.1) is 5.92 Å². The Labute approximate surface area is 170 Å². The Morgan fingerprint density at radius 3 is 2.48 bits per heavy atom. The monoisotopic (exact) mass is 470 g/mol. The van der Waals surface area contributed by atoms with Crippen LogP contribution in [0.4, 0.5) is 5.69 Å². The Morgan fingerprint density at radius 2 is 1.89 bits per heavy atom. The van der Waals surface area contributed by atoms with Gasteiger partial charge in [-0.15, -0.1) is 11.3 Å². The first kappa shape index (κ1) is 20.2. The second-order valence-corrected chi connectivity index (χ2v) is 11.0. The quantitative estimate of drug-likeness (QED) is 0.674. The minimum absolute atomic E-state index is 0.0405. The van der Waals surface area contributed by atoms with Crippen LogP contribution in [0.2, 0.25) is 0 Å². The molecule has 3 rings (SSSR count). The molecule has 1 saturated heterocycles. The number of piperidine rings is 1. The summed E-state index contributed by atoms with van der Waals surface area (Å²) in [7, 11) is -3.59. The maximum Gasteiger partial charge on any atom is 0.252 e. The number of carbonyl (C=O) groups is 2. The van der Waals surface area contributed by atoms with E-state index in [1.54, 1.807) is 36.4 Å². The summed E-state index contributed by atoms with van der Waals surface area (Å²) in [6.07, 6.45) is 1.27. The standard InChI is InChI=1S/C18H19BrN2O4S2/c1-12(22)13-4-6-15(7-5-13)20-18(23)14-3-2-10-21(11-14)27(24,25)17-9-8-16(19)26-17/h4-9,14H,2-3,10-11H2,1H3,(H,20,23)/t14-/m0/s1. The van der Waals surface area contributed by atoms with Crippen LogP contribution in [0.25, 0.3) is 0 Å². The van der Waals surface area contributed by atoms with Crippen molar-refractivity contribution in [3.05, 3.63) is 45.7 Å². The highest BCUT2D eigenvalue weighted by Crippen LogP contribution is 2.31. The van der Waals surface area contributed by atoms with Crippen molar-refractivity contribution >= 4 is 54.7 Å². The highest BCUT2D eigenvalue weighted by Gasteiger charge is 2.34. The molecule has 0 spiro atoms. The molecule has 2 aromatic rings. The fourth-order valence-corrected chi connectivity index (χ4v) is 6.66. The predicted molar refractivity (Wildman–Crippen MR) is 109 cm³/mol. The number of hydrogen-bond acceptors (Lipinski definition) is 5. The lowest BCUT2D eigenvalue weighted by molar-refractivity contribution is -0.120. The van der Waals surface area contributed by atoms with E-state index in [2.05, 4.69) is 21.2 Å². The minimum atomic E-state index is -3.59. The lowest BCUT2D eigenvalue weighted by atomic mass is 9.98. The smallest absolute Gasteiger partial charge is 0.252 e. The number of thiophene rings is 1. The summed E-state index contributed by atoms with van der Waals surface area (Å²) in [4.78, 5) is 23.9. The minimum Gasteiger partial charge on any atom is -0.326 e. The Kier molecular flexibility index (Phi) is 6.15. The molecule has 9 heteroatoms. The van der Waals surface area contributed by atoms with Crippen LogP contribution in [-0.2, 0) is 14.8 Å². The van der Waals surface area contributed by atoms with Gasteiger partial charge in [0.1, 0.15) is 4.21 Å². The van der Waals surface area contributed by atoms with Gasteiger partial charge < -0.3 is 5.32 Å². The lowest BCUT2D eigenvalue weighted by Crippen LogP contribution is -2.43. The zero-order chi connectivity index (χ0) is 19.6. The van der Waals surface area contributed by atoms with Crippen LogP contribution in [0.15, 0.2) is 44.4 Å². The number of halogens is 1. The Hall–Kier alpha value is -1.55. The summed E-state index contributed by atoms with van der Waals surface area (Å²) in [6.45, 7) is 2.06. The molecule has 1 atom stereocenters. The summed E-state index contributed by atoms with van der Waals surface area (Å²) in [5.74, 6) is -0.663. The van der Waals surface area contributed by atoms with Crippen LogP contribution in [0.5, 0.6) is 0 Å².